The van der Waals surface area contributed by atoms with Crippen molar-refractivity contribution >= 4 is 56.8 Å². The molecule has 0 unspecified atom stereocenters. The van der Waals surface area contributed by atoms with Gasteiger partial charge in [0.15, 0.2) is 0 Å². The monoisotopic (exact) mass is 995 g/mol. The third-order valence-corrected chi connectivity index (χ3v) is 12.0. The van der Waals surface area contributed by atoms with Crippen molar-refractivity contribution < 1.29 is 25.8 Å². The van der Waals surface area contributed by atoms with E-state index < -0.39 is 0 Å². The van der Waals surface area contributed by atoms with E-state index >= 15 is 0 Å². The van der Waals surface area contributed by atoms with Crippen LogP contribution in [0.25, 0.3) is 38.7 Å². The summed E-state index contributed by atoms with van der Waals surface area (Å²) in [5, 5.41) is 2.23. The van der Waals surface area contributed by atoms with Crippen molar-refractivity contribution in [3.8, 4) is 17.3 Å². The molecule has 0 N–H and O–H groups in total. The minimum atomic E-state index is -0.0250. The number of rotatable bonds is 7. The van der Waals surface area contributed by atoms with Gasteiger partial charge in [0.05, 0.1) is 0 Å². The van der Waals surface area contributed by atoms with Gasteiger partial charge in [0, 0.05) is 73.1 Å². The van der Waals surface area contributed by atoms with Crippen LogP contribution in [0.15, 0.2) is 188 Å². The van der Waals surface area contributed by atoms with Crippen molar-refractivity contribution in [3.05, 3.63) is 229 Å². The van der Waals surface area contributed by atoms with Crippen LogP contribution in [0.2, 0.25) is 0 Å². The van der Waals surface area contributed by atoms with Gasteiger partial charge in [-0.05, 0) is 82.5 Å². The fraction of sp³-hybridized carbons (Fsp3) is 0.0909. The second-order valence-corrected chi connectivity index (χ2v) is 17.1. The molecule has 11 rings (SSSR count). The Balaban J connectivity index is 0.00000471. The van der Waals surface area contributed by atoms with Crippen molar-refractivity contribution in [2.75, 3.05) is 9.80 Å². The Hall–Kier alpha value is -6.82. The predicted molar refractivity (Wildman–Crippen MR) is 255 cm³/mol. The number of anilines is 3. The SMILES string of the molecule is Cc1ccc(C2=C(N3[CH-]N(c4[c-]c(Oc5[c-]c6c(cc5)c5ccccc5n6-c5cc(C(C)(C)C)ccn5)ccc4)c4ccccc43)C(c3ccccc3)=CN3C=CC=CB23)cc1.[Pt]. The quantitative estimate of drug-likeness (QED) is 0.117. The molecule has 0 amide bonds. The molecule has 0 aliphatic carbocycles. The Morgan fingerprint density at radius 2 is 1.43 bits per heavy atom. The molecule has 310 valence electrons. The van der Waals surface area contributed by atoms with Crippen LogP contribution >= 0.6 is 0 Å². The number of pyridine rings is 1. The van der Waals surface area contributed by atoms with Crippen molar-refractivity contribution in [2.24, 2.45) is 0 Å². The summed E-state index contributed by atoms with van der Waals surface area (Å²) >= 11 is 0. The standard InChI is InChI=1S/C55H43BN5O.Pt/c1-38-23-25-40(26-24-38)53-54(47(39-15-6-5-7-16-39)36-58-32-13-12-30-56(53)58)60-37-59(49-21-10-11-22-50(49)60)42-17-14-18-43(34-42)62-44-27-28-46-45-19-8-9-20-48(45)61(51(46)35-44)52-33-41(29-31-57-52)55(2,3)4;/h5-33,36-37H,1-4H3;/q-3;. The van der Waals surface area contributed by atoms with Gasteiger partial charge in [-0.2, -0.15) is 12.1 Å². The Morgan fingerprint density at radius 3 is 2.24 bits per heavy atom. The van der Waals surface area contributed by atoms with Gasteiger partial charge in [0.25, 0.3) is 0 Å². The topological polar surface area (TPSA) is 36.8 Å². The summed E-state index contributed by atoms with van der Waals surface area (Å²) in [5.74, 6) is 4.33. The van der Waals surface area contributed by atoms with Gasteiger partial charge < -0.3 is 23.9 Å². The van der Waals surface area contributed by atoms with Gasteiger partial charge in [0.1, 0.15) is 5.82 Å². The molecule has 0 spiro atoms. The molecule has 63 heavy (non-hydrogen) atoms. The third-order valence-electron chi connectivity index (χ3n) is 12.0. The van der Waals surface area contributed by atoms with E-state index in [2.05, 4.69) is 224 Å². The number of nitrogens with zero attached hydrogens (tertiary/aromatic N) is 5. The maximum absolute atomic E-state index is 6.66. The maximum atomic E-state index is 6.66. The van der Waals surface area contributed by atoms with Crippen LogP contribution in [0.3, 0.4) is 0 Å². The van der Waals surface area contributed by atoms with Gasteiger partial charge in [-0.1, -0.05) is 129 Å². The number of allylic oxidation sites excluding steroid dienone is 3. The molecule has 6 aromatic carbocycles. The smallest absolute Gasteiger partial charge is 0.322 e. The molecule has 5 heterocycles. The molecule has 8 heteroatoms. The molecular weight excluding hydrogens is 953 g/mol. The number of para-hydroxylation sites is 3. The van der Waals surface area contributed by atoms with Gasteiger partial charge in [0.2, 0.25) is 0 Å². The largest absolute Gasteiger partial charge is 0.509 e. The Kier molecular flexibility index (Phi) is 10.3. The van der Waals surface area contributed by atoms with Crippen LogP contribution < -0.4 is 14.5 Å². The molecule has 0 fully saturated rings. The van der Waals surface area contributed by atoms with Crippen molar-refractivity contribution in [1.82, 2.24) is 14.4 Å². The van der Waals surface area contributed by atoms with E-state index in [4.69, 9.17) is 9.72 Å². The first kappa shape index (κ1) is 40.3. The van der Waals surface area contributed by atoms with E-state index in [1.807, 2.05) is 24.4 Å². The number of aromatic nitrogens is 2. The van der Waals surface area contributed by atoms with Crippen molar-refractivity contribution in [1.29, 1.82) is 0 Å². The number of fused-ring (bicyclic) bond motifs is 5. The number of benzene rings is 6. The minimum Gasteiger partial charge on any atom is -0.509 e. The summed E-state index contributed by atoms with van der Waals surface area (Å²) < 4.78 is 8.86. The summed E-state index contributed by atoms with van der Waals surface area (Å²) in [7, 11) is 0. The Morgan fingerprint density at radius 1 is 0.683 bits per heavy atom. The summed E-state index contributed by atoms with van der Waals surface area (Å²) in [4.78, 5) is 11.8. The minimum absolute atomic E-state index is 0. The van der Waals surface area contributed by atoms with Crippen LogP contribution in [0.5, 0.6) is 11.5 Å². The molecule has 3 aliphatic heterocycles. The van der Waals surface area contributed by atoms with Crippen molar-refractivity contribution in [3.63, 3.8) is 0 Å². The van der Waals surface area contributed by atoms with E-state index in [0.29, 0.717) is 11.5 Å². The molecular formula is C55H43BN5OPt-3. The first-order valence-corrected chi connectivity index (χ1v) is 21.1. The number of hydrogen-bond donors (Lipinski definition) is 0. The summed E-state index contributed by atoms with van der Waals surface area (Å²) in [6.45, 7) is 11.0. The molecule has 0 atom stereocenters. The van der Waals surface area contributed by atoms with Crippen LogP contribution in [0.1, 0.15) is 43.0 Å². The van der Waals surface area contributed by atoms with Crippen LogP contribution in [-0.4, -0.2) is 21.2 Å². The second-order valence-electron chi connectivity index (χ2n) is 17.1. The van der Waals surface area contributed by atoms with Gasteiger partial charge in [-0.3, -0.25) is 0 Å². The van der Waals surface area contributed by atoms with Crippen LogP contribution in [0, 0.1) is 25.7 Å². The molecule has 0 saturated heterocycles. The van der Waals surface area contributed by atoms with E-state index in [9.17, 15) is 0 Å². The van der Waals surface area contributed by atoms with Gasteiger partial charge in [-0.25, -0.2) is 4.98 Å². The zero-order valence-electron chi connectivity index (χ0n) is 35.4. The van der Waals surface area contributed by atoms with Crippen molar-refractivity contribution in [2.45, 2.75) is 33.1 Å². The van der Waals surface area contributed by atoms with Crippen LogP contribution in [0.4, 0.5) is 17.1 Å². The van der Waals surface area contributed by atoms with E-state index in [1.165, 1.54) is 22.2 Å². The Bertz CT molecular complexity index is 3160. The number of hydrogen-bond acceptors (Lipinski definition) is 5. The van der Waals surface area contributed by atoms with Crippen LogP contribution in [-0.2, 0) is 26.5 Å². The normalized spacial score (nSPS) is 14.6. The summed E-state index contributed by atoms with van der Waals surface area (Å²) in [6.07, 6.45) is 10.6. The maximum Gasteiger partial charge on any atom is 0.322 e. The zero-order valence-corrected chi connectivity index (χ0v) is 37.7. The molecule has 0 bridgehead atoms. The number of ether oxygens (including phenoxy) is 1. The van der Waals surface area contributed by atoms with Gasteiger partial charge >= 0.3 is 6.85 Å². The average molecular weight is 996 g/mol. The molecule has 6 nitrogen and oxygen atoms in total. The number of aryl methyl sites for hydroxylation is 1. The first-order valence-electron chi connectivity index (χ1n) is 21.1. The predicted octanol–water partition coefficient (Wildman–Crippen LogP) is 13.2. The van der Waals surface area contributed by atoms with E-state index in [-0.39, 0.29) is 33.3 Å². The second kappa shape index (κ2) is 16.1. The average Bonchev–Trinajstić information content (AvgIpc) is 3.85. The fourth-order valence-corrected chi connectivity index (χ4v) is 8.92. The summed E-state index contributed by atoms with van der Waals surface area (Å²) in [6, 6.07) is 58.4. The third kappa shape index (κ3) is 7.21. The first-order chi connectivity index (χ1) is 30.3. The molecule has 0 saturated carbocycles. The molecule has 3 aliphatic rings. The van der Waals surface area contributed by atoms with Gasteiger partial charge in [-0.15, -0.1) is 48.1 Å². The molecule has 0 radical (unpaired) electrons. The summed E-state index contributed by atoms with van der Waals surface area (Å²) in [5.41, 5.74) is 13.2. The fourth-order valence-electron chi connectivity index (χ4n) is 8.92. The zero-order chi connectivity index (χ0) is 42.0. The molecule has 8 aromatic rings. The van der Waals surface area contributed by atoms with E-state index in [0.717, 1.165) is 61.5 Å². The molecule has 2 aromatic heterocycles. The Labute approximate surface area is 384 Å². The van der Waals surface area contributed by atoms with E-state index in [1.54, 1.807) is 0 Å².